The summed E-state index contributed by atoms with van der Waals surface area (Å²) in [4.78, 5) is 26.9. The number of fused-ring (bicyclic) bond motifs is 2. The molecule has 4 heterocycles. The standard InChI is InChI=1S/C20H18N4OS/c25-20-15-7-9-24(11-14-4-1-3-13-6-8-21-18(13)14)12-16(15)22-19(23-20)17-5-2-10-26-17/h1-6,8,10,21H,7,9,11-12H2,(H,22,23,25). The molecule has 5 rings (SSSR count). The number of nitrogens with one attached hydrogen (secondary N) is 2. The summed E-state index contributed by atoms with van der Waals surface area (Å²) in [7, 11) is 0. The SMILES string of the molecule is O=c1[nH]c(-c2cccs2)nc2c1CCN(Cc1cccc3cc[nH]c13)C2. The lowest BCUT2D eigenvalue weighted by atomic mass is 10.0. The van der Waals surface area contributed by atoms with Gasteiger partial charge in [-0.15, -0.1) is 11.3 Å². The van der Waals surface area contributed by atoms with Crippen LogP contribution in [-0.4, -0.2) is 26.4 Å². The second-order valence-electron chi connectivity index (χ2n) is 6.64. The van der Waals surface area contributed by atoms with Crippen molar-refractivity contribution in [2.75, 3.05) is 6.54 Å². The minimum absolute atomic E-state index is 0.00418. The highest BCUT2D eigenvalue weighted by atomic mass is 32.1. The van der Waals surface area contributed by atoms with Crippen LogP contribution in [0.3, 0.4) is 0 Å². The molecule has 0 atom stereocenters. The number of aromatic nitrogens is 3. The van der Waals surface area contributed by atoms with Crippen molar-refractivity contribution in [1.82, 2.24) is 19.9 Å². The van der Waals surface area contributed by atoms with Gasteiger partial charge in [0.1, 0.15) is 0 Å². The van der Waals surface area contributed by atoms with E-state index in [1.54, 1.807) is 11.3 Å². The Bertz CT molecular complexity index is 1130. The van der Waals surface area contributed by atoms with E-state index in [-0.39, 0.29) is 5.56 Å². The highest BCUT2D eigenvalue weighted by Gasteiger charge is 2.22. The van der Waals surface area contributed by atoms with Gasteiger partial charge in [-0.2, -0.15) is 0 Å². The van der Waals surface area contributed by atoms with Gasteiger partial charge in [0.2, 0.25) is 0 Å². The molecule has 130 valence electrons. The summed E-state index contributed by atoms with van der Waals surface area (Å²) in [5, 5.41) is 3.23. The van der Waals surface area contributed by atoms with Gasteiger partial charge in [-0.25, -0.2) is 4.98 Å². The van der Waals surface area contributed by atoms with Gasteiger partial charge in [0, 0.05) is 36.9 Å². The van der Waals surface area contributed by atoms with E-state index in [1.165, 1.54) is 16.5 Å². The molecule has 0 unspecified atom stereocenters. The Kier molecular flexibility index (Phi) is 3.72. The normalized spacial score (nSPS) is 14.6. The number of nitrogens with zero attached hydrogens (tertiary/aromatic N) is 2. The highest BCUT2D eigenvalue weighted by Crippen LogP contribution is 2.24. The lowest BCUT2D eigenvalue weighted by Gasteiger charge is -2.27. The maximum Gasteiger partial charge on any atom is 0.254 e. The molecule has 0 radical (unpaired) electrons. The van der Waals surface area contributed by atoms with Crippen LogP contribution in [0.1, 0.15) is 16.8 Å². The third-order valence-electron chi connectivity index (χ3n) is 4.97. The molecule has 0 saturated heterocycles. The van der Waals surface area contributed by atoms with Gasteiger partial charge in [-0.05, 0) is 34.9 Å². The first-order chi connectivity index (χ1) is 12.8. The van der Waals surface area contributed by atoms with E-state index in [9.17, 15) is 4.79 Å². The number of para-hydroxylation sites is 1. The number of rotatable bonds is 3. The van der Waals surface area contributed by atoms with Crippen LogP contribution in [0.4, 0.5) is 0 Å². The summed E-state index contributed by atoms with van der Waals surface area (Å²) in [5.41, 5.74) is 4.21. The molecule has 1 aromatic carbocycles. The van der Waals surface area contributed by atoms with Crippen molar-refractivity contribution < 1.29 is 0 Å². The lowest BCUT2D eigenvalue weighted by Crippen LogP contribution is -2.35. The van der Waals surface area contributed by atoms with Gasteiger partial charge < -0.3 is 9.97 Å². The summed E-state index contributed by atoms with van der Waals surface area (Å²) in [5.74, 6) is 0.678. The van der Waals surface area contributed by atoms with Crippen molar-refractivity contribution in [3.05, 3.63) is 75.1 Å². The van der Waals surface area contributed by atoms with Crippen molar-refractivity contribution in [3.63, 3.8) is 0 Å². The number of aromatic amines is 2. The first kappa shape index (κ1) is 15.5. The molecule has 6 heteroatoms. The van der Waals surface area contributed by atoms with E-state index in [4.69, 9.17) is 4.98 Å². The van der Waals surface area contributed by atoms with Crippen LogP contribution in [0.2, 0.25) is 0 Å². The quantitative estimate of drug-likeness (QED) is 0.586. The molecule has 0 aliphatic carbocycles. The molecule has 0 bridgehead atoms. The van der Waals surface area contributed by atoms with E-state index in [0.717, 1.165) is 35.6 Å². The van der Waals surface area contributed by atoms with Crippen LogP contribution in [0.5, 0.6) is 0 Å². The summed E-state index contributed by atoms with van der Waals surface area (Å²) in [6.45, 7) is 2.42. The van der Waals surface area contributed by atoms with Crippen LogP contribution in [-0.2, 0) is 19.5 Å². The van der Waals surface area contributed by atoms with Crippen LogP contribution in [0, 0.1) is 0 Å². The average Bonchev–Trinajstić information content (AvgIpc) is 3.34. The minimum Gasteiger partial charge on any atom is -0.361 e. The third kappa shape index (κ3) is 2.67. The largest absolute Gasteiger partial charge is 0.361 e. The van der Waals surface area contributed by atoms with Gasteiger partial charge in [-0.1, -0.05) is 24.3 Å². The molecule has 0 fully saturated rings. The second-order valence-corrected chi connectivity index (χ2v) is 7.58. The Hall–Kier alpha value is -2.70. The van der Waals surface area contributed by atoms with Crippen LogP contribution >= 0.6 is 11.3 Å². The molecule has 1 aliphatic rings. The van der Waals surface area contributed by atoms with Crippen LogP contribution in [0.15, 0.2) is 52.8 Å². The maximum absolute atomic E-state index is 12.5. The number of hydrogen-bond donors (Lipinski definition) is 2. The van der Waals surface area contributed by atoms with Gasteiger partial charge in [0.15, 0.2) is 5.82 Å². The molecule has 3 aromatic heterocycles. The summed E-state index contributed by atoms with van der Waals surface area (Å²) >= 11 is 1.59. The molecule has 0 amide bonds. The molecule has 1 aliphatic heterocycles. The fourth-order valence-electron chi connectivity index (χ4n) is 3.68. The molecule has 5 nitrogen and oxygen atoms in total. The number of benzene rings is 1. The monoisotopic (exact) mass is 362 g/mol. The van der Waals surface area contributed by atoms with Gasteiger partial charge >= 0.3 is 0 Å². The number of thiophene rings is 1. The van der Waals surface area contributed by atoms with Crippen molar-refractivity contribution >= 4 is 22.2 Å². The highest BCUT2D eigenvalue weighted by molar-refractivity contribution is 7.13. The van der Waals surface area contributed by atoms with E-state index >= 15 is 0 Å². The van der Waals surface area contributed by atoms with Crippen molar-refractivity contribution in [3.8, 4) is 10.7 Å². The first-order valence-electron chi connectivity index (χ1n) is 8.71. The Labute approximate surface area is 154 Å². The maximum atomic E-state index is 12.5. The third-order valence-corrected chi connectivity index (χ3v) is 5.85. The molecular weight excluding hydrogens is 344 g/mol. The zero-order valence-electron chi connectivity index (χ0n) is 14.2. The first-order valence-corrected chi connectivity index (χ1v) is 9.59. The van der Waals surface area contributed by atoms with Gasteiger partial charge in [0.25, 0.3) is 5.56 Å². The average molecular weight is 362 g/mol. The zero-order chi connectivity index (χ0) is 17.5. The van der Waals surface area contributed by atoms with E-state index < -0.39 is 0 Å². The Morgan fingerprint density at radius 3 is 3.04 bits per heavy atom. The molecule has 0 spiro atoms. The van der Waals surface area contributed by atoms with Crippen LogP contribution in [0.25, 0.3) is 21.6 Å². The Morgan fingerprint density at radius 2 is 2.15 bits per heavy atom. The van der Waals surface area contributed by atoms with E-state index in [0.29, 0.717) is 12.4 Å². The van der Waals surface area contributed by atoms with Gasteiger partial charge in [-0.3, -0.25) is 9.69 Å². The van der Waals surface area contributed by atoms with Crippen molar-refractivity contribution in [2.24, 2.45) is 0 Å². The molecular formula is C20H18N4OS. The number of hydrogen-bond acceptors (Lipinski definition) is 4. The predicted molar refractivity (Wildman–Crippen MR) is 104 cm³/mol. The van der Waals surface area contributed by atoms with Crippen LogP contribution < -0.4 is 5.56 Å². The zero-order valence-corrected chi connectivity index (χ0v) is 15.0. The topological polar surface area (TPSA) is 64.8 Å². The predicted octanol–water partition coefficient (Wildman–Crippen LogP) is 3.54. The minimum atomic E-state index is 0.00418. The second kappa shape index (κ2) is 6.23. The lowest BCUT2D eigenvalue weighted by molar-refractivity contribution is 0.241. The summed E-state index contributed by atoms with van der Waals surface area (Å²) < 4.78 is 0. The molecule has 2 N–H and O–H groups in total. The summed E-state index contributed by atoms with van der Waals surface area (Å²) in [6.07, 6.45) is 2.72. The number of H-pyrrole nitrogens is 2. The van der Waals surface area contributed by atoms with Gasteiger partial charge in [0.05, 0.1) is 10.6 Å². The molecule has 26 heavy (non-hydrogen) atoms. The molecule has 4 aromatic rings. The van der Waals surface area contributed by atoms with Crippen molar-refractivity contribution in [1.29, 1.82) is 0 Å². The van der Waals surface area contributed by atoms with Crippen molar-refractivity contribution in [2.45, 2.75) is 19.5 Å². The van der Waals surface area contributed by atoms with E-state index in [2.05, 4.69) is 39.1 Å². The molecule has 0 saturated carbocycles. The smallest absolute Gasteiger partial charge is 0.254 e. The fraction of sp³-hybridized carbons (Fsp3) is 0.200. The Balaban J connectivity index is 1.46. The summed E-state index contributed by atoms with van der Waals surface area (Å²) in [6, 6.07) is 12.4. The van der Waals surface area contributed by atoms with E-state index in [1.807, 2.05) is 23.7 Å². The fourth-order valence-corrected chi connectivity index (χ4v) is 4.35. The Morgan fingerprint density at radius 1 is 1.19 bits per heavy atom.